The minimum absolute atomic E-state index is 0.0648. The number of rotatable bonds is 1. The van der Waals surface area contributed by atoms with Gasteiger partial charge in [-0.3, -0.25) is 4.79 Å². The molecule has 1 amide bonds. The summed E-state index contributed by atoms with van der Waals surface area (Å²) >= 11 is 0. The number of nitrogens with zero attached hydrogens (tertiary/aromatic N) is 1. The van der Waals surface area contributed by atoms with Gasteiger partial charge >= 0.3 is 0 Å². The highest BCUT2D eigenvalue weighted by Gasteiger charge is 2.15. The Kier molecular flexibility index (Phi) is 2.23. The van der Waals surface area contributed by atoms with E-state index in [4.69, 9.17) is 5.73 Å². The zero-order valence-electron chi connectivity index (χ0n) is 7.81. The van der Waals surface area contributed by atoms with Crippen molar-refractivity contribution in [3.05, 3.63) is 42.0 Å². The van der Waals surface area contributed by atoms with Crippen LogP contribution in [-0.2, 0) is 0 Å². The summed E-state index contributed by atoms with van der Waals surface area (Å²) in [6.07, 6.45) is 3.99. The van der Waals surface area contributed by atoms with Crippen molar-refractivity contribution in [1.82, 2.24) is 4.90 Å². The minimum atomic E-state index is 0.0648. The van der Waals surface area contributed by atoms with E-state index < -0.39 is 0 Å². The van der Waals surface area contributed by atoms with Crippen LogP contribution in [0.5, 0.6) is 0 Å². The summed E-state index contributed by atoms with van der Waals surface area (Å²) in [6.45, 7) is 1.42. The number of carbonyl (C=O) groups is 1. The molecule has 0 aliphatic carbocycles. The average Bonchev–Trinajstić information content (AvgIpc) is 2.71. The van der Waals surface area contributed by atoms with Gasteiger partial charge in [-0.2, -0.15) is 0 Å². The van der Waals surface area contributed by atoms with Crippen molar-refractivity contribution in [2.24, 2.45) is 0 Å². The summed E-state index contributed by atoms with van der Waals surface area (Å²) in [4.78, 5) is 13.6. The molecule has 1 aliphatic heterocycles. The van der Waals surface area contributed by atoms with Crippen LogP contribution >= 0.6 is 0 Å². The molecule has 2 rings (SSSR count). The number of hydrogen-bond donors (Lipinski definition) is 1. The molecule has 1 aromatic rings. The number of amides is 1. The standard InChI is InChI=1S/C11H12N2O/c12-10-5-3-9(4-6-10)11(14)13-7-1-2-8-13/h1-6H,7-8,12H2. The van der Waals surface area contributed by atoms with Crippen LogP contribution in [0.15, 0.2) is 36.4 Å². The third-order valence-electron chi connectivity index (χ3n) is 2.26. The summed E-state index contributed by atoms with van der Waals surface area (Å²) in [7, 11) is 0. The van der Waals surface area contributed by atoms with Gasteiger partial charge in [-0.1, -0.05) is 12.2 Å². The molecule has 0 bridgehead atoms. The zero-order chi connectivity index (χ0) is 9.97. The molecular formula is C11H12N2O. The van der Waals surface area contributed by atoms with E-state index in [9.17, 15) is 4.79 Å². The van der Waals surface area contributed by atoms with Gasteiger partial charge < -0.3 is 10.6 Å². The van der Waals surface area contributed by atoms with E-state index in [0.29, 0.717) is 24.3 Å². The van der Waals surface area contributed by atoms with Gasteiger partial charge in [-0.05, 0) is 24.3 Å². The van der Waals surface area contributed by atoms with E-state index >= 15 is 0 Å². The largest absolute Gasteiger partial charge is 0.399 e. The Bertz CT molecular complexity index is 359. The first kappa shape index (κ1) is 8.81. The van der Waals surface area contributed by atoms with E-state index in [1.165, 1.54) is 0 Å². The Balaban J connectivity index is 2.14. The average molecular weight is 188 g/mol. The molecule has 3 nitrogen and oxygen atoms in total. The van der Waals surface area contributed by atoms with Crippen LogP contribution in [0.2, 0.25) is 0 Å². The van der Waals surface area contributed by atoms with Gasteiger partial charge in [0, 0.05) is 24.3 Å². The third-order valence-corrected chi connectivity index (χ3v) is 2.26. The predicted octanol–water partition coefficient (Wildman–Crippen LogP) is 1.28. The Morgan fingerprint density at radius 1 is 1.14 bits per heavy atom. The maximum absolute atomic E-state index is 11.8. The SMILES string of the molecule is Nc1ccc(C(=O)N2CC=CC2)cc1. The van der Waals surface area contributed by atoms with Crippen LogP contribution in [0.3, 0.4) is 0 Å². The quantitative estimate of drug-likeness (QED) is 0.533. The molecule has 0 radical (unpaired) electrons. The topological polar surface area (TPSA) is 46.3 Å². The van der Waals surface area contributed by atoms with Gasteiger partial charge in [0.25, 0.3) is 5.91 Å². The van der Waals surface area contributed by atoms with Crippen LogP contribution in [0, 0.1) is 0 Å². The lowest BCUT2D eigenvalue weighted by molar-refractivity contribution is 0.0800. The molecule has 0 atom stereocenters. The Morgan fingerprint density at radius 3 is 2.29 bits per heavy atom. The molecule has 1 aliphatic rings. The fourth-order valence-electron chi connectivity index (χ4n) is 1.45. The molecule has 2 N–H and O–H groups in total. The van der Waals surface area contributed by atoms with Crippen molar-refractivity contribution >= 4 is 11.6 Å². The smallest absolute Gasteiger partial charge is 0.254 e. The second kappa shape index (κ2) is 3.54. The van der Waals surface area contributed by atoms with Crippen LogP contribution in [-0.4, -0.2) is 23.9 Å². The van der Waals surface area contributed by atoms with Gasteiger partial charge in [0.2, 0.25) is 0 Å². The van der Waals surface area contributed by atoms with Gasteiger partial charge in [-0.25, -0.2) is 0 Å². The monoisotopic (exact) mass is 188 g/mol. The van der Waals surface area contributed by atoms with Crippen LogP contribution in [0.1, 0.15) is 10.4 Å². The van der Waals surface area contributed by atoms with Crippen molar-refractivity contribution in [3.63, 3.8) is 0 Å². The van der Waals surface area contributed by atoms with Gasteiger partial charge in [0.15, 0.2) is 0 Å². The molecule has 0 saturated heterocycles. The molecule has 3 heteroatoms. The van der Waals surface area contributed by atoms with Gasteiger partial charge in [0.05, 0.1) is 0 Å². The van der Waals surface area contributed by atoms with E-state index in [1.54, 1.807) is 29.2 Å². The Morgan fingerprint density at radius 2 is 1.71 bits per heavy atom. The van der Waals surface area contributed by atoms with Gasteiger partial charge in [-0.15, -0.1) is 0 Å². The Labute approximate surface area is 82.8 Å². The molecule has 0 fully saturated rings. The van der Waals surface area contributed by atoms with Crippen molar-refractivity contribution in [3.8, 4) is 0 Å². The summed E-state index contributed by atoms with van der Waals surface area (Å²) in [5.41, 5.74) is 6.92. The number of nitrogens with two attached hydrogens (primary N) is 1. The second-order valence-electron chi connectivity index (χ2n) is 3.30. The minimum Gasteiger partial charge on any atom is -0.399 e. The molecule has 1 heterocycles. The lowest BCUT2D eigenvalue weighted by Gasteiger charge is -2.15. The number of anilines is 1. The number of carbonyl (C=O) groups excluding carboxylic acids is 1. The summed E-state index contributed by atoms with van der Waals surface area (Å²) in [6, 6.07) is 7.01. The third kappa shape index (κ3) is 1.62. The maximum atomic E-state index is 11.8. The first-order valence-electron chi connectivity index (χ1n) is 4.57. The summed E-state index contributed by atoms with van der Waals surface area (Å²) in [5.74, 6) is 0.0648. The highest BCUT2D eigenvalue weighted by molar-refractivity contribution is 5.94. The normalized spacial score (nSPS) is 14.7. The Hall–Kier alpha value is -1.77. The van der Waals surface area contributed by atoms with Crippen LogP contribution in [0.4, 0.5) is 5.69 Å². The first-order chi connectivity index (χ1) is 6.77. The van der Waals surface area contributed by atoms with Crippen LogP contribution < -0.4 is 5.73 Å². The van der Waals surface area contributed by atoms with E-state index in [-0.39, 0.29) is 5.91 Å². The zero-order valence-corrected chi connectivity index (χ0v) is 7.81. The van der Waals surface area contributed by atoms with Crippen LogP contribution in [0.25, 0.3) is 0 Å². The molecule has 0 spiro atoms. The number of nitrogen functional groups attached to an aromatic ring is 1. The highest BCUT2D eigenvalue weighted by Crippen LogP contribution is 2.10. The van der Waals surface area contributed by atoms with Crippen molar-refractivity contribution in [2.75, 3.05) is 18.8 Å². The fourth-order valence-corrected chi connectivity index (χ4v) is 1.45. The predicted molar refractivity (Wildman–Crippen MR) is 55.9 cm³/mol. The molecule has 0 unspecified atom stereocenters. The molecular weight excluding hydrogens is 176 g/mol. The molecule has 0 saturated carbocycles. The molecule has 1 aromatic carbocycles. The van der Waals surface area contributed by atoms with Gasteiger partial charge in [0.1, 0.15) is 0 Å². The summed E-state index contributed by atoms with van der Waals surface area (Å²) in [5, 5.41) is 0. The second-order valence-corrected chi connectivity index (χ2v) is 3.30. The number of hydrogen-bond acceptors (Lipinski definition) is 2. The lowest BCUT2D eigenvalue weighted by atomic mass is 10.2. The molecule has 0 aromatic heterocycles. The maximum Gasteiger partial charge on any atom is 0.254 e. The van der Waals surface area contributed by atoms with E-state index in [2.05, 4.69) is 0 Å². The summed E-state index contributed by atoms with van der Waals surface area (Å²) < 4.78 is 0. The van der Waals surface area contributed by atoms with Crippen molar-refractivity contribution in [1.29, 1.82) is 0 Å². The molecule has 72 valence electrons. The molecule has 14 heavy (non-hydrogen) atoms. The first-order valence-corrected chi connectivity index (χ1v) is 4.57. The fraction of sp³-hybridized carbons (Fsp3) is 0.182. The highest BCUT2D eigenvalue weighted by atomic mass is 16.2. The van der Waals surface area contributed by atoms with E-state index in [0.717, 1.165) is 0 Å². The van der Waals surface area contributed by atoms with Crippen molar-refractivity contribution in [2.45, 2.75) is 0 Å². The lowest BCUT2D eigenvalue weighted by Crippen LogP contribution is -2.28. The van der Waals surface area contributed by atoms with E-state index in [1.807, 2.05) is 12.2 Å². The van der Waals surface area contributed by atoms with Crippen molar-refractivity contribution < 1.29 is 4.79 Å². The number of benzene rings is 1.